The number of hydrogen-bond acceptors (Lipinski definition) is 1. The lowest BCUT2D eigenvalue weighted by Crippen LogP contribution is -2.24. The van der Waals surface area contributed by atoms with Crippen molar-refractivity contribution >= 4 is 0 Å². The quantitative estimate of drug-likeness (QED) is 0.799. The number of nitrogens with one attached hydrogen (secondary N) is 1. The Morgan fingerprint density at radius 1 is 1.40 bits per heavy atom. The smallest absolute Gasteiger partial charge is 0.123 e. The first-order valence-electron chi connectivity index (χ1n) is 5.65. The Labute approximate surface area is 90.7 Å². The van der Waals surface area contributed by atoms with Crippen molar-refractivity contribution in [3.05, 3.63) is 35.6 Å². The van der Waals surface area contributed by atoms with Crippen molar-refractivity contribution in [3.63, 3.8) is 0 Å². The molecule has 0 amide bonds. The zero-order valence-corrected chi connectivity index (χ0v) is 9.33. The summed E-state index contributed by atoms with van der Waals surface area (Å²) in [5.41, 5.74) is 1.07. The van der Waals surface area contributed by atoms with Gasteiger partial charge in [0, 0.05) is 6.04 Å². The molecule has 2 rings (SSSR count). The number of halogens is 1. The summed E-state index contributed by atoms with van der Waals surface area (Å²) in [6.45, 7) is 2.25. The molecule has 0 bridgehead atoms. The molecule has 1 saturated carbocycles. The van der Waals surface area contributed by atoms with E-state index in [1.54, 1.807) is 12.1 Å². The van der Waals surface area contributed by atoms with Crippen molar-refractivity contribution < 1.29 is 4.39 Å². The van der Waals surface area contributed by atoms with Crippen molar-refractivity contribution in [1.29, 1.82) is 0 Å². The van der Waals surface area contributed by atoms with Gasteiger partial charge in [-0.3, -0.25) is 0 Å². The third-order valence-electron chi connectivity index (χ3n) is 3.41. The van der Waals surface area contributed by atoms with Crippen LogP contribution in [0.15, 0.2) is 24.3 Å². The molecule has 1 N–H and O–H groups in total. The van der Waals surface area contributed by atoms with Crippen molar-refractivity contribution in [2.45, 2.75) is 25.8 Å². The van der Waals surface area contributed by atoms with Crippen molar-refractivity contribution in [2.75, 3.05) is 7.05 Å². The Kier molecular flexibility index (Phi) is 3.06. The Hall–Kier alpha value is -0.890. The van der Waals surface area contributed by atoms with Crippen LogP contribution in [0.25, 0.3) is 0 Å². The summed E-state index contributed by atoms with van der Waals surface area (Å²) in [5, 5.41) is 3.30. The Morgan fingerprint density at radius 2 is 2.13 bits per heavy atom. The highest BCUT2D eigenvalue weighted by atomic mass is 19.1. The molecule has 0 radical (unpaired) electrons. The predicted octanol–water partition coefficient (Wildman–Crippen LogP) is 3.13. The fraction of sp³-hybridized carbons (Fsp3) is 0.538. The van der Waals surface area contributed by atoms with Gasteiger partial charge in [-0.15, -0.1) is 0 Å². The molecular formula is C13H18FN. The SMILES string of the molecule is CNC(c1cccc(F)c1)C(C)C1CC1. The maximum absolute atomic E-state index is 13.1. The lowest BCUT2D eigenvalue weighted by molar-refractivity contribution is 0.368. The summed E-state index contributed by atoms with van der Waals surface area (Å²) < 4.78 is 13.1. The van der Waals surface area contributed by atoms with Crippen LogP contribution in [0.5, 0.6) is 0 Å². The highest BCUT2D eigenvalue weighted by molar-refractivity contribution is 5.21. The zero-order chi connectivity index (χ0) is 10.8. The summed E-state index contributed by atoms with van der Waals surface area (Å²) in [6, 6.07) is 7.21. The minimum Gasteiger partial charge on any atom is -0.313 e. The van der Waals surface area contributed by atoms with Crippen molar-refractivity contribution in [2.24, 2.45) is 11.8 Å². The summed E-state index contributed by atoms with van der Waals surface area (Å²) >= 11 is 0. The molecule has 0 spiro atoms. The van der Waals surface area contributed by atoms with Gasteiger partial charge in [-0.05, 0) is 49.4 Å². The molecule has 0 aromatic heterocycles. The van der Waals surface area contributed by atoms with Gasteiger partial charge in [-0.25, -0.2) is 4.39 Å². The molecule has 0 heterocycles. The molecule has 1 nitrogen and oxygen atoms in total. The maximum Gasteiger partial charge on any atom is 0.123 e. The monoisotopic (exact) mass is 207 g/mol. The van der Waals surface area contributed by atoms with E-state index in [2.05, 4.69) is 12.2 Å². The largest absolute Gasteiger partial charge is 0.313 e. The summed E-state index contributed by atoms with van der Waals surface area (Å²) in [4.78, 5) is 0. The van der Waals surface area contributed by atoms with Crippen LogP contribution in [-0.4, -0.2) is 7.05 Å². The first-order chi connectivity index (χ1) is 7.22. The van der Waals surface area contributed by atoms with Gasteiger partial charge in [0.25, 0.3) is 0 Å². The van der Waals surface area contributed by atoms with E-state index in [4.69, 9.17) is 0 Å². The highest BCUT2D eigenvalue weighted by Crippen LogP contribution is 2.42. The third kappa shape index (κ3) is 2.37. The van der Waals surface area contributed by atoms with Crippen LogP contribution >= 0.6 is 0 Å². The molecular weight excluding hydrogens is 189 g/mol. The molecule has 1 aromatic rings. The van der Waals surface area contributed by atoms with Crippen LogP contribution in [0.3, 0.4) is 0 Å². The predicted molar refractivity (Wildman–Crippen MR) is 60.1 cm³/mol. The number of hydrogen-bond donors (Lipinski definition) is 1. The van der Waals surface area contributed by atoms with Gasteiger partial charge < -0.3 is 5.32 Å². The normalized spacial score (nSPS) is 19.9. The lowest BCUT2D eigenvalue weighted by atomic mass is 9.91. The van der Waals surface area contributed by atoms with Gasteiger partial charge in [0.05, 0.1) is 0 Å². The van der Waals surface area contributed by atoms with Crippen LogP contribution in [0.1, 0.15) is 31.4 Å². The molecule has 0 aliphatic heterocycles. The average molecular weight is 207 g/mol. The van der Waals surface area contributed by atoms with Gasteiger partial charge in [-0.2, -0.15) is 0 Å². The summed E-state index contributed by atoms with van der Waals surface area (Å²) in [7, 11) is 1.95. The zero-order valence-electron chi connectivity index (χ0n) is 9.33. The van der Waals surface area contributed by atoms with E-state index in [0.717, 1.165) is 11.5 Å². The van der Waals surface area contributed by atoms with E-state index in [0.29, 0.717) is 5.92 Å². The van der Waals surface area contributed by atoms with E-state index >= 15 is 0 Å². The minimum absolute atomic E-state index is 0.143. The molecule has 1 fully saturated rings. The topological polar surface area (TPSA) is 12.0 Å². The molecule has 15 heavy (non-hydrogen) atoms. The van der Waals surface area contributed by atoms with Gasteiger partial charge in [-0.1, -0.05) is 19.1 Å². The van der Waals surface area contributed by atoms with Crippen LogP contribution in [0, 0.1) is 17.7 Å². The standard InChI is InChI=1S/C13H18FN/c1-9(10-6-7-10)13(15-2)11-4-3-5-12(14)8-11/h3-5,8-10,13,15H,6-7H2,1-2H3. The van der Waals surface area contributed by atoms with Crippen LogP contribution in [-0.2, 0) is 0 Å². The Bertz CT molecular complexity index is 333. The number of rotatable bonds is 4. The average Bonchev–Trinajstić information content (AvgIpc) is 3.02. The van der Waals surface area contributed by atoms with Crippen molar-refractivity contribution in [3.8, 4) is 0 Å². The molecule has 2 heteroatoms. The molecule has 2 unspecified atom stereocenters. The van der Waals surface area contributed by atoms with Gasteiger partial charge in [0.1, 0.15) is 5.82 Å². The second-order valence-electron chi connectivity index (χ2n) is 4.52. The second kappa shape index (κ2) is 4.31. The van der Waals surface area contributed by atoms with Crippen LogP contribution in [0.2, 0.25) is 0 Å². The van der Waals surface area contributed by atoms with E-state index in [9.17, 15) is 4.39 Å². The molecule has 1 aliphatic carbocycles. The maximum atomic E-state index is 13.1. The van der Waals surface area contributed by atoms with Crippen LogP contribution in [0.4, 0.5) is 4.39 Å². The van der Waals surface area contributed by atoms with E-state index < -0.39 is 0 Å². The molecule has 82 valence electrons. The molecule has 2 atom stereocenters. The lowest BCUT2D eigenvalue weighted by Gasteiger charge is -2.23. The second-order valence-corrected chi connectivity index (χ2v) is 4.52. The molecule has 1 aromatic carbocycles. The molecule has 0 saturated heterocycles. The Balaban J connectivity index is 2.17. The third-order valence-corrected chi connectivity index (χ3v) is 3.41. The van der Waals surface area contributed by atoms with Crippen LogP contribution < -0.4 is 5.32 Å². The van der Waals surface area contributed by atoms with Gasteiger partial charge in [0.2, 0.25) is 0 Å². The fourth-order valence-corrected chi connectivity index (χ4v) is 2.33. The molecule has 1 aliphatic rings. The number of benzene rings is 1. The van der Waals surface area contributed by atoms with E-state index in [1.165, 1.54) is 18.9 Å². The highest BCUT2D eigenvalue weighted by Gasteiger charge is 2.33. The Morgan fingerprint density at radius 3 is 2.67 bits per heavy atom. The summed E-state index contributed by atoms with van der Waals surface area (Å²) in [6.07, 6.45) is 2.66. The fourth-order valence-electron chi connectivity index (χ4n) is 2.33. The van der Waals surface area contributed by atoms with Crippen molar-refractivity contribution in [1.82, 2.24) is 5.32 Å². The minimum atomic E-state index is -0.143. The van der Waals surface area contributed by atoms with E-state index in [-0.39, 0.29) is 11.9 Å². The summed E-state index contributed by atoms with van der Waals surface area (Å²) in [5.74, 6) is 1.28. The first-order valence-corrected chi connectivity index (χ1v) is 5.65. The van der Waals surface area contributed by atoms with Gasteiger partial charge >= 0.3 is 0 Å². The first kappa shape index (κ1) is 10.6. The van der Waals surface area contributed by atoms with Gasteiger partial charge in [0.15, 0.2) is 0 Å². The van der Waals surface area contributed by atoms with E-state index in [1.807, 2.05) is 13.1 Å².